The lowest BCUT2D eigenvalue weighted by atomic mass is 10.0. The summed E-state index contributed by atoms with van der Waals surface area (Å²) in [4.78, 5) is 0. The molecule has 1 aromatic rings. The third-order valence-electron chi connectivity index (χ3n) is 2.04. The third-order valence-corrected chi connectivity index (χ3v) is 3.64. The van der Waals surface area contributed by atoms with Crippen molar-refractivity contribution in [2.45, 2.75) is 18.6 Å². The van der Waals surface area contributed by atoms with Gasteiger partial charge in [0.15, 0.2) is 0 Å². The van der Waals surface area contributed by atoms with E-state index >= 15 is 0 Å². The van der Waals surface area contributed by atoms with Gasteiger partial charge in [-0.25, -0.2) is 0 Å². The van der Waals surface area contributed by atoms with Crippen molar-refractivity contribution in [2.75, 3.05) is 13.3 Å². The Bertz CT molecular complexity index is 286. The molecule has 0 N–H and O–H groups in total. The highest BCUT2D eigenvalue weighted by Gasteiger charge is 2.19. The van der Waals surface area contributed by atoms with E-state index in [1.807, 2.05) is 0 Å². The Morgan fingerprint density at radius 2 is 1.69 bits per heavy atom. The van der Waals surface area contributed by atoms with E-state index in [0.29, 0.717) is 0 Å². The minimum absolute atomic E-state index is 0.0246. The summed E-state index contributed by atoms with van der Waals surface area (Å²) >= 11 is 4.62. The normalized spacial score (nSPS) is 12.2. The van der Waals surface area contributed by atoms with E-state index in [4.69, 9.17) is 0 Å². The number of hydrogen-bond donors (Lipinski definition) is 1. The summed E-state index contributed by atoms with van der Waals surface area (Å²) in [5.41, 5.74) is 1.37. The molecule has 72 valence electrons. The van der Waals surface area contributed by atoms with Crippen LogP contribution >= 0.6 is 20.6 Å². The van der Waals surface area contributed by atoms with E-state index in [1.165, 1.54) is 10.9 Å². The fourth-order valence-electron chi connectivity index (χ4n) is 1.38. The van der Waals surface area contributed by atoms with Crippen LogP contribution < -0.4 is 5.30 Å². The molecule has 1 rings (SSSR count). The van der Waals surface area contributed by atoms with Crippen LogP contribution in [0.2, 0.25) is 0 Å². The van der Waals surface area contributed by atoms with Gasteiger partial charge in [-0.2, -0.15) is 12.6 Å². The predicted octanol–water partition coefficient (Wildman–Crippen LogP) is 3.22. The second-order valence-corrected chi connectivity index (χ2v) is 7.36. The first kappa shape index (κ1) is 11.1. The minimum atomic E-state index is -0.0295. The highest BCUT2D eigenvalue weighted by Crippen LogP contribution is 2.33. The standard InChI is InChI=1S/C11H17PS/c1-11(2,13)9-7-5-6-8-10(9)12(3)4/h5-8,13H,1-4H3. The molecule has 0 heterocycles. The number of rotatable bonds is 2. The molecule has 0 nitrogen and oxygen atoms in total. The first-order chi connectivity index (χ1) is 5.93. The predicted molar refractivity (Wildman–Crippen MR) is 66.9 cm³/mol. The van der Waals surface area contributed by atoms with Crippen LogP contribution in [0.15, 0.2) is 24.3 Å². The number of benzene rings is 1. The third kappa shape index (κ3) is 2.72. The van der Waals surface area contributed by atoms with Gasteiger partial charge >= 0.3 is 0 Å². The molecule has 1 aromatic carbocycles. The van der Waals surface area contributed by atoms with E-state index in [-0.39, 0.29) is 12.7 Å². The van der Waals surface area contributed by atoms with Gasteiger partial charge in [0.1, 0.15) is 0 Å². The van der Waals surface area contributed by atoms with E-state index in [9.17, 15) is 0 Å². The summed E-state index contributed by atoms with van der Waals surface area (Å²) in [5.74, 6) is 0. The minimum Gasteiger partial charge on any atom is -0.168 e. The second kappa shape index (κ2) is 4.02. The highest BCUT2D eigenvalue weighted by atomic mass is 32.1. The lowest BCUT2D eigenvalue weighted by Gasteiger charge is -2.23. The van der Waals surface area contributed by atoms with E-state index < -0.39 is 0 Å². The van der Waals surface area contributed by atoms with Gasteiger partial charge in [0.05, 0.1) is 0 Å². The Kier molecular flexibility index (Phi) is 3.43. The van der Waals surface area contributed by atoms with Crippen LogP contribution in [0.1, 0.15) is 19.4 Å². The van der Waals surface area contributed by atoms with Crippen LogP contribution in [0, 0.1) is 0 Å². The van der Waals surface area contributed by atoms with Crippen molar-refractivity contribution in [3.63, 3.8) is 0 Å². The van der Waals surface area contributed by atoms with Gasteiger partial charge in [-0.3, -0.25) is 0 Å². The van der Waals surface area contributed by atoms with Crippen molar-refractivity contribution >= 4 is 25.9 Å². The molecular weight excluding hydrogens is 195 g/mol. The average Bonchev–Trinajstić information content (AvgIpc) is 2.03. The van der Waals surface area contributed by atoms with Crippen LogP contribution in [-0.2, 0) is 4.75 Å². The Morgan fingerprint density at radius 1 is 1.15 bits per heavy atom. The fraction of sp³-hybridized carbons (Fsp3) is 0.455. The summed E-state index contributed by atoms with van der Waals surface area (Å²) in [6.45, 7) is 8.86. The largest absolute Gasteiger partial charge is 0.168 e. The SMILES string of the molecule is CP(C)c1ccccc1C(C)(C)S. The second-order valence-electron chi connectivity index (χ2n) is 3.97. The molecule has 2 heteroatoms. The van der Waals surface area contributed by atoms with Gasteiger partial charge in [-0.1, -0.05) is 32.2 Å². The molecule has 13 heavy (non-hydrogen) atoms. The molecule has 0 saturated carbocycles. The molecule has 0 atom stereocenters. The lowest BCUT2D eigenvalue weighted by Crippen LogP contribution is -2.18. The molecule has 0 aliphatic rings. The molecular formula is C11H17PS. The summed E-state index contributed by atoms with van der Waals surface area (Å²) in [6.07, 6.45) is 0. The summed E-state index contributed by atoms with van der Waals surface area (Å²) < 4.78 is -0.0246. The van der Waals surface area contributed by atoms with Crippen LogP contribution in [-0.4, -0.2) is 13.3 Å². The first-order valence-corrected chi connectivity index (χ1v) is 7.10. The summed E-state index contributed by atoms with van der Waals surface area (Å²) in [5, 5.41) is 1.47. The zero-order chi connectivity index (χ0) is 10.1. The van der Waals surface area contributed by atoms with Crippen molar-refractivity contribution in [3.05, 3.63) is 29.8 Å². The zero-order valence-electron chi connectivity index (χ0n) is 8.70. The van der Waals surface area contributed by atoms with Gasteiger partial charge in [-0.05, 0) is 38.0 Å². The molecule has 0 amide bonds. The van der Waals surface area contributed by atoms with Crippen LogP contribution in [0.5, 0.6) is 0 Å². The van der Waals surface area contributed by atoms with E-state index in [0.717, 1.165) is 0 Å². The molecule has 0 aliphatic heterocycles. The average molecular weight is 212 g/mol. The van der Waals surface area contributed by atoms with E-state index in [2.05, 4.69) is 64.1 Å². The summed E-state index contributed by atoms with van der Waals surface area (Å²) in [7, 11) is -0.0295. The number of hydrogen-bond acceptors (Lipinski definition) is 1. The summed E-state index contributed by atoms with van der Waals surface area (Å²) in [6, 6.07) is 8.61. The smallest absolute Gasteiger partial charge is 0.0328 e. The maximum atomic E-state index is 4.62. The van der Waals surface area contributed by atoms with Crippen molar-refractivity contribution in [2.24, 2.45) is 0 Å². The first-order valence-electron chi connectivity index (χ1n) is 4.42. The van der Waals surface area contributed by atoms with Gasteiger partial charge in [0, 0.05) is 4.75 Å². The highest BCUT2D eigenvalue weighted by molar-refractivity contribution is 7.81. The van der Waals surface area contributed by atoms with Crippen LogP contribution in [0.25, 0.3) is 0 Å². The van der Waals surface area contributed by atoms with Crippen molar-refractivity contribution < 1.29 is 0 Å². The Labute approximate surface area is 87.9 Å². The van der Waals surface area contributed by atoms with Gasteiger partial charge < -0.3 is 0 Å². The van der Waals surface area contributed by atoms with Crippen molar-refractivity contribution in [3.8, 4) is 0 Å². The zero-order valence-corrected chi connectivity index (χ0v) is 10.5. The molecule has 0 radical (unpaired) electrons. The van der Waals surface area contributed by atoms with E-state index in [1.54, 1.807) is 0 Å². The topological polar surface area (TPSA) is 0 Å². The van der Waals surface area contributed by atoms with Crippen molar-refractivity contribution in [1.29, 1.82) is 0 Å². The number of thiol groups is 1. The molecule has 0 fully saturated rings. The monoisotopic (exact) mass is 212 g/mol. The van der Waals surface area contributed by atoms with Crippen LogP contribution in [0.3, 0.4) is 0 Å². The lowest BCUT2D eigenvalue weighted by molar-refractivity contribution is 0.797. The molecule has 0 unspecified atom stereocenters. The maximum Gasteiger partial charge on any atom is 0.0328 e. The molecule has 0 aromatic heterocycles. The molecule has 0 bridgehead atoms. The Hall–Kier alpha value is -0.0000000000000000555. The Balaban J connectivity index is 3.20. The van der Waals surface area contributed by atoms with Gasteiger partial charge in [-0.15, -0.1) is 0 Å². The Morgan fingerprint density at radius 3 is 2.08 bits per heavy atom. The molecule has 0 aliphatic carbocycles. The van der Waals surface area contributed by atoms with Gasteiger partial charge in [0.25, 0.3) is 0 Å². The molecule has 0 saturated heterocycles. The molecule has 0 spiro atoms. The van der Waals surface area contributed by atoms with Crippen LogP contribution in [0.4, 0.5) is 0 Å². The van der Waals surface area contributed by atoms with Gasteiger partial charge in [0.2, 0.25) is 0 Å². The quantitative estimate of drug-likeness (QED) is 0.565. The van der Waals surface area contributed by atoms with Crippen molar-refractivity contribution in [1.82, 2.24) is 0 Å². The fourth-order valence-corrected chi connectivity index (χ4v) is 2.88. The maximum absolute atomic E-state index is 4.62.